The number of pyridine rings is 2. The Kier molecular flexibility index (Phi) is 18.1. The summed E-state index contributed by atoms with van der Waals surface area (Å²) in [5, 5.41) is 4.20. The van der Waals surface area contributed by atoms with E-state index in [-0.39, 0.29) is 21.8 Å². The molecule has 0 saturated heterocycles. The minimum absolute atomic E-state index is 0.119. The van der Waals surface area contributed by atoms with E-state index in [2.05, 4.69) is 219 Å². The maximum atomic E-state index is 4.35. The fourth-order valence-electron chi connectivity index (χ4n) is 4.69. The van der Waals surface area contributed by atoms with Crippen molar-refractivity contribution < 1.29 is 0 Å². The molecule has 0 fully saturated rings. The summed E-state index contributed by atoms with van der Waals surface area (Å²) >= 11 is 0. The Morgan fingerprint density at radius 1 is 0.491 bits per heavy atom. The van der Waals surface area contributed by atoms with Crippen LogP contribution in [0.25, 0.3) is 0 Å². The molecule has 290 valence electrons. The predicted octanol–water partition coefficient (Wildman–Crippen LogP) is 13.7. The van der Waals surface area contributed by atoms with Crippen LogP contribution in [-0.2, 0) is 21.8 Å². The van der Waals surface area contributed by atoms with Crippen LogP contribution < -0.4 is 0 Å². The van der Waals surface area contributed by atoms with Crippen molar-refractivity contribution in [3.8, 4) is 0 Å². The molecule has 0 amide bonds. The van der Waals surface area contributed by atoms with E-state index < -0.39 is 0 Å². The molecule has 0 aliphatic carbocycles. The molecule has 2 aromatic carbocycles. The minimum Gasteiger partial charge on any atom is -0.267 e. The highest BCUT2D eigenvalue weighted by atomic mass is 15.3. The van der Waals surface area contributed by atoms with E-state index in [1.54, 1.807) is 0 Å². The van der Waals surface area contributed by atoms with Gasteiger partial charge in [0.2, 0.25) is 0 Å². The largest absolute Gasteiger partial charge is 0.267 e. The lowest BCUT2D eigenvalue weighted by atomic mass is 9.87. The van der Waals surface area contributed by atoms with Gasteiger partial charge in [-0.1, -0.05) is 148 Å². The molecule has 5 aromatic rings. The maximum absolute atomic E-state index is 4.35. The minimum atomic E-state index is 0.119. The molecule has 4 nitrogen and oxygen atoms in total. The number of benzene rings is 2. The van der Waals surface area contributed by atoms with Crippen molar-refractivity contribution in [1.82, 2.24) is 19.7 Å². The van der Waals surface area contributed by atoms with Crippen molar-refractivity contribution in [3.05, 3.63) is 148 Å². The van der Waals surface area contributed by atoms with Gasteiger partial charge < -0.3 is 0 Å². The molecule has 3 heterocycles. The molecular formula is C49H74N4. The molecule has 0 aliphatic rings. The van der Waals surface area contributed by atoms with E-state index in [0.717, 1.165) is 11.4 Å². The second kappa shape index (κ2) is 20.4. The highest BCUT2D eigenvalue weighted by molar-refractivity contribution is 5.27. The first-order valence-corrected chi connectivity index (χ1v) is 19.2. The molecule has 3 aromatic heterocycles. The lowest BCUT2D eigenvalue weighted by Crippen LogP contribution is -2.21. The average Bonchev–Trinajstić information content (AvgIpc) is 3.49. The van der Waals surface area contributed by atoms with Gasteiger partial charge in [0.1, 0.15) is 0 Å². The van der Waals surface area contributed by atoms with Gasteiger partial charge in [0.25, 0.3) is 0 Å². The van der Waals surface area contributed by atoms with Gasteiger partial charge in [-0.15, -0.1) is 0 Å². The molecule has 53 heavy (non-hydrogen) atoms. The standard InChI is InChI=1S/C11H16.2C10H15N.C10H14.C8H14N2/c1-9-5-7-10(8-6-9)11(2,3)4;1-8-5-6-9(7-11-8)10(2,3)4;1-8-5-6-9(11-7-8)10(2,3)4;1-8(2)10-6-4-5-9(3)7-10;1-7-5-9-10(6-7)8(2,3)4/h5-8H,1-4H3;2*5-7H,1-4H3;4-8H,1-3H3;5-6H,1-4H3. The smallest absolute Gasteiger partial charge is 0.0543 e. The third-order valence-corrected chi connectivity index (χ3v) is 8.48. The zero-order valence-electron chi connectivity index (χ0n) is 37.1. The van der Waals surface area contributed by atoms with Crippen LogP contribution in [0.1, 0.15) is 153 Å². The second-order valence-corrected chi connectivity index (χ2v) is 18.7. The summed E-state index contributed by atoms with van der Waals surface area (Å²) in [5.74, 6) is 0.653. The van der Waals surface area contributed by atoms with E-state index in [1.807, 2.05) is 30.2 Å². The number of hydrogen-bond donors (Lipinski definition) is 0. The molecule has 0 spiro atoms. The first kappa shape index (κ1) is 47.0. The summed E-state index contributed by atoms with van der Waals surface area (Å²) < 4.78 is 1.97. The maximum Gasteiger partial charge on any atom is 0.0543 e. The molecule has 4 heteroatoms. The van der Waals surface area contributed by atoms with Crippen molar-refractivity contribution >= 4 is 0 Å². The van der Waals surface area contributed by atoms with Crippen LogP contribution in [0, 0.1) is 34.6 Å². The lowest BCUT2D eigenvalue weighted by molar-refractivity contribution is 0.355. The van der Waals surface area contributed by atoms with E-state index in [1.165, 1.54) is 38.9 Å². The van der Waals surface area contributed by atoms with Crippen molar-refractivity contribution in [2.75, 3.05) is 0 Å². The molecule has 0 saturated carbocycles. The quantitative estimate of drug-likeness (QED) is 0.173. The molecule has 0 aliphatic heterocycles. The van der Waals surface area contributed by atoms with E-state index in [4.69, 9.17) is 0 Å². The van der Waals surface area contributed by atoms with Crippen molar-refractivity contribution in [3.63, 3.8) is 0 Å². The molecule has 5 rings (SSSR count). The third kappa shape index (κ3) is 19.0. The Balaban J connectivity index is 0.000000331. The summed E-state index contributed by atoms with van der Waals surface area (Å²) in [5.41, 5.74) is 12.3. The fourth-order valence-corrected chi connectivity index (χ4v) is 4.69. The monoisotopic (exact) mass is 719 g/mol. The van der Waals surface area contributed by atoms with Gasteiger partial charge in [0, 0.05) is 35.4 Å². The normalized spacial score (nSPS) is 11.5. The lowest BCUT2D eigenvalue weighted by Gasteiger charge is -2.18. The molecule has 0 N–H and O–H groups in total. The van der Waals surface area contributed by atoms with Crippen LogP contribution in [0.4, 0.5) is 0 Å². The number of hydrogen-bond acceptors (Lipinski definition) is 3. The summed E-state index contributed by atoms with van der Waals surface area (Å²) in [6.07, 6.45) is 7.81. The van der Waals surface area contributed by atoms with Crippen LogP contribution in [0.5, 0.6) is 0 Å². The van der Waals surface area contributed by atoms with Crippen molar-refractivity contribution in [1.29, 1.82) is 0 Å². The van der Waals surface area contributed by atoms with Gasteiger partial charge in [-0.2, -0.15) is 5.10 Å². The van der Waals surface area contributed by atoms with E-state index in [9.17, 15) is 0 Å². The molecule has 0 unspecified atom stereocenters. The van der Waals surface area contributed by atoms with Crippen molar-refractivity contribution in [2.24, 2.45) is 0 Å². The Bertz CT molecular complexity index is 1600. The van der Waals surface area contributed by atoms with Crippen LogP contribution >= 0.6 is 0 Å². The molecule has 0 bridgehead atoms. The Morgan fingerprint density at radius 3 is 1.38 bits per heavy atom. The van der Waals surface area contributed by atoms with E-state index >= 15 is 0 Å². The summed E-state index contributed by atoms with van der Waals surface area (Å²) in [4.78, 5) is 8.60. The molecule has 0 radical (unpaired) electrons. The Hall–Kier alpha value is -4.05. The number of nitrogens with zero attached hydrogens (tertiary/aromatic N) is 4. The Morgan fingerprint density at radius 2 is 1.04 bits per heavy atom. The van der Waals surface area contributed by atoms with Crippen LogP contribution in [0.2, 0.25) is 0 Å². The van der Waals surface area contributed by atoms with E-state index in [0.29, 0.717) is 5.92 Å². The van der Waals surface area contributed by atoms with Crippen LogP contribution in [0.3, 0.4) is 0 Å². The number of rotatable bonds is 1. The summed E-state index contributed by atoms with van der Waals surface area (Å²) in [6, 6.07) is 25.8. The van der Waals surface area contributed by atoms with Gasteiger partial charge >= 0.3 is 0 Å². The van der Waals surface area contributed by atoms with Gasteiger partial charge in [-0.05, 0) is 112 Å². The van der Waals surface area contributed by atoms with Gasteiger partial charge in [0.05, 0.1) is 11.7 Å². The number of aryl methyl sites for hydroxylation is 5. The zero-order valence-corrected chi connectivity index (χ0v) is 37.1. The summed E-state index contributed by atoms with van der Waals surface area (Å²) in [6.45, 7) is 41.0. The first-order valence-electron chi connectivity index (χ1n) is 19.2. The van der Waals surface area contributed by atoms with Gasteiger partial charge in [-0.3, -0.25) is 14.6 Å². The van der Waals surface area contributed by atoms with Crippen LogP contribution in [0.15, 0.2) is 97.6 Å². The molecule has 0 atom stereocenters. The SMILES string of the molecule is Cc1ccc(C(C)(C)C)cc1.Cc1ccc(C(C)(C)C)cn1.Cc1ccc(C(C)(C)C)nc1.Cc1cccc(C(C)C)c1.Cc1cnn(C(C)(C)C)c1. The number of aromatic nitrogens is 4. The predicted molar refractivity (Wildman–Crippen MR) is 232 cm³/mol. The van der Waals surface area contributed by atoms with Crippen molar-refractivity contribution in [2.45, 2.75) is 159 Å². The highest BCUT2D eigenvalue weighted by Crippen LogP contribution is 2.23. The Labute approximate surface area is 325 Å². The molecular weight excluding hydrogens is 645 g/mol. The third-order valence-electron chi connectivity index (χ3n) is 8.48. The fraction of sp³-hybridized carbons (Fsp3) is 0.490. The summed E-state index contributed by atoms with van der Waals surface area (Å²) in [7, 11) is 0. The highest BCUT2D eigenvalue weighted by Gasteiger charge is 2.15. The second-order valence-electron chi connectivity index (χ2n) is 18.7. The topological polar surface area (TPSA) is 43.6 Å². The zero-order chi connectivity index (χ0) is 40.8. The van der Waals surface area contributed by atoms with Crippen LogP contribution in [-0.4, -0.2) is 19.7 Å². The van der Waals surface area contributed by atoms with Gasteiger partial charge in [0.15, 0.2) is 0 Å². The first-order chi connectivity index (χ1) is 24.2. The average molecular weight is 719 g/mol. The van der Waals surface area contributed by atoms with Gasteiger partial charge in [-0.25, -0.2) is 0 Å².